The van der Waals surface area contributed by atoms with Gasteiger partial charge in [0.25, 0.3) is 0 Å². The van der Waals surface area contributed by atoms with Gasteiger partial charge in [-0.1, -0.05) is 48.5 Å². The van der Waals surface area contributed by atoms with Crippen LogP contribution in [0.1, 0.15) is 0 Å². The smallest absolute Gasteiger partial charge is 0.152 e. The topological polar surface area (TPSA) is 31.0 Å². The number of hydrogen-bond donors (Lipinski definition) is 0. The Hall–Kier alpha value is -3.07. The third kappa shape index (κ3) is 2.23. The van der Waals surface area contributed by atoms with Crippen LogP contribution in [-0.2, 0) is 0 Å². The lowest BCUT2D eigenvalue weighted by Crippen LogP contribution is -1.98. The van der Waals surface area contributed by atoms with E-state index in [9.17, 15) is 0 Å². The first-order chi connectivity index (χ1) is 10.9. The monoisotopic (exact) mass is 286 g/mol. The number of aromatic nitrogens is 2. The van der Waals surface area contributed by atoms with Gasteiger partial charge in [0.15, 0.2) is 5.76 Å². The van der Waals surface area contributed by atoms with E-state index in [0.717, 1.165) is 28.4 Å². The predicted molar refractivity (Wildman–Crippen MR) is 86.7 cm³/mol. The fraction of sp³-hybridized carbons (Fsp3) is 0. The molecule has 0 fully saturated rings. The van der Waals surface area contributed by atoms with Crippen molar-refractivity contribution < 1.29 is 4.42 Å². The minimum Gasteiger partial charge on any atom is -0.463 e. The normalized spacial score (nSPS) is 10.7. The average molecular weight is 286 g/mol. The fourth-order valence-electron chi connectivity index (χ4n) is 2.50. The van der Waals surface area contributed by atoms with E-state index in [4.69, 9.17) is 9.52 Å². The lowest BCUT2D eigenvalue weighted by atomic mass is 10.1. The van der Waals surface area contributed by atoms with E-state index in [0.29, 0.717) is 0 Å². The molecule has 4 rings (SSSR count). The molecule has 3 heteroatoms. The molecule has 2 heterocycles. The molecule has 0 amide bonds. The van der Waals surface area contributed by atoms with Crippen LogP contribution >= 0.6 is 0 Å². The van der Waals surface area contributed by atoms with Gasteiger partial charge in [0.1, 0.15) is 5.69 Å². The summed E-state index contributed by atoms with van der Waals surface area (Å²) in [6.45, 7) is 0. The molecule has 0 spiro atoms. The highest BCUT2D eigenvalue weighted by atomic mass is 16.3. The van der Waals surface area contributed by atoms with Crippen LogP contribution in [-0.4, -0.2) is 9.78 Å². The van der Waals surface area contributed by atoms with Gasteiger partial charge in [0.05, 0.1) is 17.6 Å². The van der Waals surface area contributed by atoms with Gasteiger partial charge in [-0.25, -0.2) is 4.68 Å². The minimum atomic E-state index is 0.804. The first-order valence-electron chi connectivity index (χ1n) is 7.16. The summed E-state index contributed by atoms with van der Waals surface area (Å²) in [5.41, 5.74) is 3.96. The minimum absolute atomic E-state index is 0.804. The first kappa shape index (κ1) is 12.7. The summed E-state index contributed by atoms with van der Waals surface area (Å²) in [4.78, 5) is 0. The van der Waals surface area contributed by atoms with Crippen LogP contribution in [0.15, 0.2) is 89.5 Å². The number of para-hydroxylation sites is 1. The van der Waals surface area contributed by atoms with Crippen molar-refractivity contribution in [3.8, 4) is 28.4 Å². The van der Waals surface area contributed by atoms with Crippen LogP contribution in [0.25, 0.3) is 28.4 Å². The van der Waals surface area contributed by atoms with E-state index in [1.807, 2.05) is 65.3 Å². The zero-order valence-corrected chi connectivity index (χ0v) is 11.9. The van der Waals surface area contributed by atoms with E-state index in [1.165, 1.54) is 0 Å². The summed E-state index contributed by atoms with van der Waals surface area (Å²) in [7, 11) is 0. The maximum absolute atomic E-state index is 5.57. The van der Waals surface area contributed by atoms with E-state index in [1.54, 1.807) is 6.26 Å². The Bertz CT molecular complexity index is 862. The van der Waals surface area contributed by atoms with Crippen LogP contribution in [0, 0.1) is 0 Å². The van der Waals surface area contributed by atoms with E-state index >= 15 is 0 Å². The van der Waals surface area contributed by atoms with Gasteiger partial charge in [-0.3, -0.25) is 0 Å². The lowest BCUT2D eigenvalue weighted by Gasteiger charge is -2.04. The third-order valence-corrected chi connectivity index (χ3v) is 3.55. The van der Waals surface area contributed by atoms with Crippen molar-refractivity contribution >= 4 is 0 Å². The highest BCUT2D eigenvalue weighted by molar-refractivity contribution is 5.67. The first-order valence-corrected chi connectivity index (χ1v) is 7.16. The standard InChI is InChI=1S/C19H14N2O/c1-3-8-15(9-4-1)17-14-18(19-12-7-13-22-19)21(20-17)16-10-5-2-6-11-16/h1-14H. The quantitative estimate of drug-likeness (QED) is 0.541. The Labute approximate surface area is 128 Å². The Balaban J connectivity index is 1.91. The van der Waals surface area contributed by atoms with E-state index < -0.39 is 0 Å². The summed E-state index contributed by atoms with van der Waals surface area (Å²) < 4.78 is 7.49. The van der Waals surface area contributed by atoms with Gasteiger partial charge in [0, 0.05) is 5.56 Å². The Kier molecular flexibility index (Phi) is 3.09. The summed E-state index contributed by atoms with van der Waals surface area (Å²) in [5, 5.41) is 4.76. The second kappa shape index (κ2) is 5.37. The molecule has 0 aliphatic heterocycles. The van der Waals surface area contributed by atoms with Gasteiger partial charge >= 0.3 is 0 Å². The zero-order chi connectivity index (χ0) is 14.8. The molecule has 106 valence electrons. The fourth-order valence-corrected chi connectivity index (χ4v) is 2.50. The molecule has 2 aromatic carbocycles. The highest BCUT2D eigenvalue weighted by Gasteiger charge is 2.14. The van der Waals surface area contributed by atoms with Crippen LogP contribution in [0.4, 0.5) is 0 Å². The Morgan fingerprint density at radius 3 is 2.18 bits per heavy atom. The van der Waals surface area contributed by atoms with Gasteiger partial charge in [0.2, 0.25) is 0 Å². The summed E-state index contributed by atoms with van der Waals surface area (Å²) in [6.07, 6.45) is 1.68. The molecule has 0 N–H and O–H groups in total. The van der Waals surface area contributed by atoms with Gasteiger partial charge in [-0.2, -0.15) is 5.10 Å². The van der Waals surface area contributed by atoms with Gasteiger partial charge in [-0.05, 0) is 30.3 Å². The van der Waals surface area contributed by atoms with Crippen molar-refractivity contribution in [3.63, 3.8) is 0 Å². The number of benzene rings is 2. The molecule has 0 unspecified atom stereocenters. The molecule has 0 saturated carbocycles. The molecule has 0 aliphatic rings. The van der Waals surface area contributed by atoms with Crippen molar-refractivity contribution in [1.82, 2.24) is 9.78 Å². The van der Waals surface area contributed by atoms with Crippen molar-refractivity contribution in [2.75, 3.05) is 0 Å². The second-order valence-corrected chi connectivity index (χ2v) is 5.01. The second-order valence-electron chi connectivity index (χ2n) is 5.01. The molecule has 3 nitrogen and oxygen atoms in total. The van der Waals surface area contributed by atoms with Crippen LogP contribution < -0.4 is 0 Å². The predicted octanol–water partition coefficient (Wildman–Crippen LogP) is 4.80. The molecule has 0 radical (unpaired) electrons. The third-order valence-electron chi connectivity index (χ3n) is 3.55. The molecule has 0 saturated heterocycles. The van der Waals surface area contributed by atoms with Gasteiger partial charge in [-0.15, -0.1) is 0 Å². The Morgan fingerprint density at radius 1 is 0.773 bits per heavy atom. The largest absolute Gasteiger partial charge is 0.463 e. The van der Waals surface area contributed by atoms with Crippen molar-refractivity contribution in [2.24, 2.45) is 0 Å². The van der Waals surface area contributed by atoms with E-state index in [2.05, 4.69) is 18.2 Å². The SMILES string of the molecule is c1ccc(-c2cc(-c3ccco3)n(-c3ccccc3)n2)cc1. The van der Waals surface area contributed by atoms with E-state index in [-0.39, 0.29) is 0 Å². The van der Waals surface area contributed by atoms with Crippen molar-refractivity contribution in [3.05, 3.63) is 85.1 Å². The maximum Gasteiger partial charge on any atom is 0.152 e. The van der Waals surface area contributed by atoms with Gasteiger partial charge < -0.3 is 4.42 Å². The number of nitrogens with zero attached hydrogens (tertiary/aromatic N) is 2. The van der Waals surface area contributed by atoms with Crippen molar-refractivity contribution in [1.29, 1.82) is 0 Å². The number of rotatable bonds is 3. The molecule has 0 aliphatic carbocycles. The summed E-state index contributed by atoms with van der Waals surface area (Å²) in [5.74, 6) is 0.804. The average Bonchev–Trinajstić information content (AvgIpc) is 3.26. The molecule has 2 aromatic heterocycles. The zero-order valence-electron chi connectivity index (χ0n) is 11.9. The maximum atomic E-state index is 5.57. The molecular weight excluding hydrogens is 272 g/mol. The summed E-state index contributed by atoms with van der Waals surface area (Å²) in [6, 6.07) is 26.1. The molecule has 4 aromatic rings. The van der Waals surface area contributed by atoms with Crippen LogP contribution in [0.2, 0.25) is 0 Å². The van der Waals surface area contributed by atoms with Crippen LogP contribution in [0.3, 0.4) is 0 Å². The van der Waals surface area contributed by atoms with Crippen LogP contribution in [0.5, 0.6) is 0 Å². The highest BCUT2D eigenvalue weighted by Crippen LogP contribution is 2.28. The molecule has 0 atom stereocenters. The molecule has 0 bridgehead atoms. The summed E-state index contributed by atoms with van der Waals surface area (Å²) >= 11 is 0. The molecular formula is C19H14N2O. The molecule has 22 heavy (non-hydrogen) atoms. The lowest BCUT2D eigenvalue weighted by molar-refractivity contribution is 0.577. The van der Waals surface area contributed by atoms with Crippen molar-refractivity contribution in [2.45, 2.75) is 0 Å². The number of furan rings is 1. The number of hydrogen-bond acceptors (Lipinski definition) is 2. The Morgan fingerprint density at radius 2 is 1.50 bits per heavy atom.